The highest BCUT2D eigenvalue weighted by atomic mass is 32.2. The maximum absolute atomic E-state index is 10.7. The lowest BCUT2D eigenvalue weighted by Crippen LogP contribution is -2.18. The van der Waals surface area contributed by atoms with E-state index < -0.39 is 10.3 Å². The molecule has 2 aromatic rings. The Morgan fingerprint density at radius 2 is 2.06 bits per heavy atom. The molecule has 0 unspecified atom stereocenters. The standard InChI is InChI=1S/C7H6N2O5S2/c8-16(12,13)14-3-1-4(10)6-5(2-3)15-9-7(6)11/h1-2,10H,(H,9,11)(H2,8,12,13). The minimum absolute atomic E-state index is 0.142. The maximum Gasteiger partial charge on any atom is 0.380 e. The summed E-state index contributed by atoms with van der Waals surface area (Å²) in [6.45, 7) is 0. The Bertz CT molecular complexity index is 648. The van der Waals surface area contributed by atoms with Gasteiger partial charge < -0.3 is 14.4 Å². The van der Waals surface area contributed by atoms with Crippen LogP contribution in [-0.4, -0.2) is 23.0 Å². The summed E-state index contributed by atoms with van der Waals surface area (Å²) in [5, 5.41) is 23.6. The maximum atomic E-state index is 10.7. The number of nitrogens with zero attached hydrogens (tertiary/aromatic N) is 1. The second-order valence-electron chi connectivity index (χ2n) is 2.90. The summed E-state index contributed by atoms with van der Waals surface area (Å²) < 4.78 is 29.7. The third kappa shape index (κ3) is 2.01. The molecule has 0 saturated carbocycles. The normalized spacial score (nSPS) is 11.8. The fourth-order valence-electron chi connectivity index (χ4n) is 1.19. The van der Waals surface area contributed by atoms with Gasteiger partial charge in [-0.1, -0.05) is 0 Å². The van der Waals surface area contributed by atoms with Gasteiger partial charge in [0.15, 0.2) is 0 Å². The van der Waals surface area contributed by atoms with Gasteiger partial charge in [0.25, 0.3) is 0 Å². The number of phenolic OH excluding ortho intramolecular Hbond substituents is 1. The average molecular weight is 262 g/mol. The molecule has 1 aromatic heterocycles. The molecule has 0 aliphatic rings. The van der Waals surface area contributed by atoms with E-state index >= 15 is 0 Å². The minimum atomic E-state index is -4.15. The van der Waals surface area contributed by atoms with Crippen molar-refractivity contribution in [2.75, 3.05) is 0 Å². The smallest absolute Gasteiger partial charge is 0.380 e. The lowest BCUT2D eigenvalue weighted by Gasteiger charge is -2.03. The molecule has 2 rings (SSSR count). The Kier molecular flexibility index (Phi) is 2.37. The number of nitrogens with two attached hydrogens (primary N) is 1. The monoisotopic (exact) mass is 262 g/mol. The summed E-state index contributed by atoms with van der Waals surface area (Å²) in [6, 6.07) is 2.33. The van der Waals surface area contributed by atoms with Crippen LogP contribution >= 0.6 is 11.5 Å². The zero-order valence-electron chi connectivity index (χ0n) is 7.61. The number of hydrogen-bond acceptors (Lipinski definition) is 7. The van der Waals surface area contributed by atoms with Crippen LogP contribution in [0.2, 0.25) is 0 Å². The summed E-state index contributed by atoms with van der Waals surface area (Å²) in [7, 11) is -4.15. The second kappa shape index (κ2) is 3.47. The summed E-state index contributed by atoms with van der Waals surface area (Å²) in [5.74, 6) is -0.793. The van der Waals surface area contributed by atoms with Gasteiger partial charge in [0.2, 0.25) is 5.88 Å². The van der Waals surface area contributed by atoms with Gasteiger partial charge in [-0.25, -0.2) is 0 Å². The minimum Gasteiger partial charge on any atom is -0.507 e. The van der Waals surface area contributed by atoms with Crippen molar-refractivity contribution in [1.29, 1.82) is 0 Å². The molecule has 1 aromatic carbocycles. The third-order valence-corrected chi connectivity index (χ3v) is 2.93. The second-order valence-corrected chi connectivity index (χ2v) is 4.86. The molecule has 0 radical (unpaired) electrons. The predicted octanol–water partition coefficient (Wildman–Crippen LogP) is 0.290. The van der Waals surface area contributed by atoms with E-state index in [-0.39, 0.29) is 22.8 Å². The van der Waals surface area contributed by atoms with Crippen molar-refractivity contribution < 1.29 is 22.8 Å². The molecular weight excluding hydrogens is 256 g/mol. The van der Waals surface area contributed by atoms with Crippen LogP contribution in [0.25, 0.3) is 10.1 Å². The van der Waals surface area contributed by atoms with Gasteiger partial charge >= 0.3 is 10.3 Å². The van der Waals surface area contributed by atoms with Crippen LogP contribution in [-0.2, 0) is 10.3 Å². The first kappa shape index (κ1) is 10.9. The molecule has 0 atom stereocenters. The van der Waals surface area contributed by atoms with Gasteiger partial charge in [-0.05, 0) is 11.5 Å². The van der Waals surface area contributed by atoms with E-state index in [0.29, 0.717) is 4.70 Å². The first-order valence-electron chi connectivity index (χ1n) is 3.90. The van der Waals surface area contributed by atoms with Crippen molar-refractivity contribution in [1.82, 2.24) is 4.37 Å². The molecule has 4 N–H and O–H groups in total. The lowest BCUT2D eigenvalue weighted by atomic mass is 10.2. The topological polar surface area (TPSA) is 123 Å². The molecule has 0 saturated heterocycles. The van der Waals surface area contributed by atoms with E-state index in [1.54, 1.807) is 0 Å². The average Bonchev–Trinajstić information content (AvgIpc) is 2.44. The molecule has 0 aliphatic heterocycles. The quantitative estimate of drug-likeness (QED) is 0.714. The fraction of sp³-hybridized carbons (Fsp3) is 0. The van der Waals surface area contributed by atoms with Crippen LogP contribution in [0.5, 0.6) is 17.4 Å². The largest absolute Gasteiger partial charge is 0.507 e. The van der Waals surface area contributed by atoms with E-state index in [4.69, 9.17) is 0 Å². The van der Waals surface area contributed by atoms with Crippen molar-refractivity contribution in [2.24, 2.45) is 5.14 Å². The van der Waals surface area contributed by atoms with Crippen LogP contribution in [0, 0.1) is 0 Å². The van der Waals surface area contributed by atoms with Crippen LogP contribution < -0.4 is 9.32 Å². The first-order valence-corrected chi connectivity index (χ1v) is 6.15. The van der Waals surface area contributed by atoms with E-state index in [1.165, 1.54) is 6.07 Å². The molecule has 9 heteroatoms. The van der Waals surface area contributed by atoms with Gasteiger partial charge in [-0.3, -0.25) is 0 Å². The SMILES string of the molecule is NS(=O)(=O)Oc1cc(O)c2c(O)nsc2c1. The molecular formula is C7H6N2O5S2. The first-order chi connectivity index (χ1) is 7.37. The number of hydrogen-bond donors (Lipinski definition) is 3. The number of rotatable bonds is 2. The van der Waals surface area contributed by atoms with Crippen molar-refractivity contribution in [2.45, 2.75) is 0 Å². The van der Waals surface area contributed by atoms with Crippen LogP contribution in [0.4, 0.5) is 0 Å². The van der Waals surface area contributed by atoms with Crippen LogP contribution in [0.3, 0.4) is 0 Å². The van der Waals surface area contributed by atoms with Crippen molar-refractivity contribution in [3.05, 3.63) is 12.1 Å². The predicted molar refractivity (Wildman–Crippen MR) is 56.7 cm³/mol. The van der Waals surface area contributed by atoms with Crippen molar-refractivity contribution in [3.63, 3.8) is 0 Å². The Labute approximate surface area is 94.1 Å². The van der Waals surface area contributed by atoms with Gasteiger partial charge in [0.05, 0.1) is 10.1 Å². The number of aromatic hydroxyl groups is 2. The summed E-state index contributed by atoms with van der Waals surface area (Å²) in [5.41, 5.74) is 0. The van der Waals surface area contributed by atoms with Crippen molar-refractivity contribution >= 4 is 31.9 Å². The van der Waals surface area contributed by atoms with Gasteiger partial charge in [-0.2, -0.15) is 17.9 Å². The zero-order valence-corrected chi connectivity index (χ0v) is 9.25. The van der Waals surface area contributed by atoms with Crippen LogP contribution in [0.15, 0.2) is 12.1 Å². The molecule has 0 bridgehead atoms. The molecule has 86 valence electrons. The van der Waals surface area contributed by atoms with E-state index in [1.807, 2.05) is 0 Å². The molecule has 0 aliphatic carbocycles. The van der Waals surface area contributed by atoms with Gasteiger partial charge in [0, 0.05) is 12.1 Å². The highest BCUT2D eigenvalue weighted by molar-refractivity contribution is 7.84. The lowest BCUT2D eigenvalue weighted by molar-refractivity contribution is 0.452. The number of benzene rings is 1. The molecule has 0 spiro atoms. The molecule has 16 heavy (non-hydrogen) atoms. The third-order valence-electron chi connectivity index (χ3n) is 1.72. The number of aromatic nitrogens is 1. The zero-order chi connectivity index (χ0) is 11.9. The van der Waals surface area contributed by atoms with E-state index in [0.717, 1.165) is 17.6 Å². The van der Waals surface area contributed by atoms with Gasteiger partial charge in [0.1, 0.15) is 11.5 Å². The summed E-state index contributed by atoms with van der Waals surface area (Å²) in [4.78, 5) is 0. The van der Waals surface area contributed by atoms with Crippen LogP contribution in [0.1, 0.15) is 0 Å². The molecule has 1 heterocycles. The summed E-state index contributed by atoms with van der Waals surface area (Å²) >= 11 is 0.893. The molecule has 0 amide bonds. The Balaban J connectivity index is 2.59. The van der Waals surface area contributed by atoms with Crippen molar-refractivity contribution in [3.8, 4) is 17.4 Å². The number of fused-ring (bicyclic) bond motifs is 1. The molecule has 7 nitrogen and oxygen atoms in total. The highest BCUT2D eigenvalue weighted by Gasteiger charge is 2.14. The Hall–Kier alpha value is -1.58. The summed E-state index contributed by atoms with van der Waals surface area (Å²) in [6.07, 6.45) is 0. The van der Waals surface area contributed by atoms with Gasteiger partial charge in [-0.15, -0.1) is 0 Å². The highest BCUT2D eigenvalue weighted by Crippen LogP contribution is 2.38. The number of phenols is 1. The van der Waals surface area contributed by atoms with E-state index in [9.17, 15) is 18.6 Å². The van der Waals surface area contributed by atoms with E-state index in [2.05, 4.69) is 13.7 Å². The Morgan fingerprint density at radius 3 is 2.69 bits per heavy atom. The molecule has 0 fully saturated rings. The Morgan fingerprint density at radius 1 is 1.38 bits per heavy atom. The fourth-order valence-corrected chi connectivity index (χ4v) is 2.29.